The number of benzene rings is 1. The maximum Gasteiger partial charge on any atom is 0.320 e. The van der Waals surface area contributed by atoms with Crippen molar-refractivity contribution < 1.29 is 4.42 Å². The van der Waals surface area contributed by atoms with Crippen LogP contribution in [0.15, 0.2) is 28.7 Å². The Labute approximate surface area is 120 Å². The number of nitrogens with one attached hydrogen (secondary N) is 2. The molecule has 1 aromatic carbocycles. The van der Waals surface area contributed by atoms with Crippen molar-refractivity contribution in [3.05, 3.63) is 33.7 Å². The van der Waals surface area contributed by atoms with Gasteiger partial charge in [0.05, 0.1) is 12.2 Å². The van der Waals surface area contributed by atoms with Crippen LogP contribution in [-0.4, -0.2) is 16.2 Å². The van der Waals surface area contributed by atoms with E-state index in [1.165, 1.54) is 0 Å². The molecule has 0 amide bonds. The third kappa shape index (κ3) is 3.67. The van der Waals surface area contributed by atoms with Crippen LogP contribution >= 0.6 is 22.6 Å². The van der Waals surface area contributed by atoms with Crippen LogP contribution in [0.2, 0.25) is 0 Å². The van der Waals surface area contributed by atoms with E-state index < -0.39 is 0 Å². The van der Waals surface area contributed by atoms with E-state index in [1.807, 2.05) is 24.3 Å². The molecule has 96 valence electrons. The van der Waals surface area contributed by atoms with Gasteiger partial charge in [0.2, 0.25) is 5.89 Å². The smallest absolute Gasteiger partial charge is 0.320 e. The average Bonchev–Trinajstić information content (AvgIpc) is 2.77. The van der Waals surface area contributed by atoms with Crippen LogP contribution < -0.4 is 10.6 Å². The summed E-state index contributed by atoms with van der Waals surface area (Å²) in [5, 5.41) is 14.3. The molecule has 0 bridgehead atoms. The molecule has 0 aliphatic heterocycles. The van der Waals surface area contributed by atoms with E-state index in [0.29, 0.717) is 24.5 Å². The predicted molar refractivity (Wildman–Crippen MR) is 78.7 cm³/mol. The molecule has 2 N–H and O–H groups in total. The number of rotatable bonds is 5. The minimum Gasteiger partial charge on any atom is -0.406 e. The van der Waals surface area contributed by atoms with Crippen molar-refractivity contribution in [2.24, 2.45) is 0 Å². The van der Waals surface area contributed by atoms with Gasteiger partial charge in [-0.25, -0.2) is 0 Å². The van der Waals surface area contributed by atoms with E-state index in [-0.39, 0.29) is 0 Å². The SMILES string of the molecule is CC(C)NCc1nnc(Nc2ccccc2I)o1. The molecule has 0 fully saturated rings. The molecule has 0 saturated heterocycles. The van der Waals surface area contributed by atoms with E-state index >= 15 is 0 Å². The molecule has 0 aliphatic rings. The van der Waals surface area contributed by atoms with Crippen molar-refractivity contribution in [1.82, 2.24) is 15.5 Å². The zero-order valence-corrected chi connectivity index (χ0v) is 12.4. The van der Waals surface area contributed by atoms with Gasteiger partial charge < -0.3 is 15.1 Å². The molecule has 0 atom stereocenters. The molecule has 0 unspecified atom stereocenters. The van der Waals surface area contributed by atoms with Gasteiger partial charge >= 0.3 is 6.01 Å². The summed E-state index contributed by atoms with van der Waals surface area (Å²) in [6.45, 7) is 4.72. The van der Waals surface area contributed by atoms with Gasteiger partial charge in [0.1, 0.15) is 0 Å². The largest absolute Gasteiger partial charge is 0.406 e. The third-order valence-corrected chi connectivity index (χ3v) is 3.18. The van der Waals surface area contributed by atoms with E-state index in [9.17, 15) is 0 Å². The maximum atomic E-state index is 5.49. The number of hydrogen-bond acceptors (Lipinski definition) is 5. The number of hydrogen-bond donors (Lipinski definition) is 2. The second kappa shape index (κ2) is 6.14. The summed E-state index contributed by atoms with van der Waals surface area (Å²) in [5.74, 6) is 0.581. The Morgan fingerprint density at radius 1 is 1.28 bits per heavy atom. The molecule has 5 nitrogen and oxygen atoms in total. The second-order valence-electron chi connectivity index (χ2n) is 4.14. The molecule has 0 saturated carbocycles. The Kier molecular flexibility index (Phi) is 4.54. The molecule has 2 rings (SSSR count). The quantitative estimate of drug-likeness (QED) is 0.805. The average molecular weight is 358 g/mol. The summed E-state index contributed by atoms with van der Waals surface area (Å²) in [4.78, 5) is 0. The summed E-state index contributed by atoms with van der Waals surface area (Å²) in [7, 11) is 0. The molecule has 1 aromatic heterocycles. The molecule has 0 radical (unpaired) electrons. The Balaban J connectivity index is 2.00. The first-order chi connectivity index (χ1) is 8.65. The molecule has 0 spiro atoms. The lowest BCUT2D eigenvalue weighted by Crippen LogP contribution is -2.21. The van der Waals surface area contributed by atoms with Crippen molar-refractivity contribution in [2.45, 2.75) is 26.4 Å². The number of aromatic nitrogens is 2. The standard InChI is InChI=1S/C12H15IN4O/c1-8(2)14-7-11-16-17-12(18-11)15-10-6-4-3-5-9(10)13/h3-6,8,14H,7H2,1-2H3,(H,15,17). The highest BCUT2D eigenvalue weighted by molar-refractivity contribution is 14.1. The first kappa shape index (κ1) is 13.3. The van der Waals surface area contributed by atoms with E-state index in [0.717, 1.165) is 9.26 Å². The number of anilines is 2. The van der Waals surface area contributed by atoms with Gasteiger partial charge in [0.15, 0.2) is 0 Å². The highest BCUT2D eigenvalue weighted by Crippen LogP contribution is 2.21. The molecule has 6 heteroatoms. The normalized spacial score (nSPS) is 10.9. The van der Waals surface area contributed by atoms with E-state index in [1.54, 1.807) is 0 Å². The van der Waals surface area contributed by atoms with Gasteiger partial charge in [0.25, 0.3) is 0 Å². The van der Waals surface area contributed by atoms with E-state index in [4.69, 9.17) is 4.42 Å². The first-order valence-electron chi connectivity index (χ1n) is 5.72. The lowest BCUT2D eigenvalue weighted by Gasteiger charge is -2.04. The topological polar surface area (TPSA) is 63.0 Å². The van der Waals surface area contributed by atoms with Gasteiger partial charge in [-0.3, -0.25) is 0 Å². The fourth-order valence-electron chi connectivity index (χ4n) is 1.34. The molecular formula is C12H15IN4O. The van der Waals surface area contributed by atoms with Gasteiger partial charge in [-0.15, -0.1) is 5.10 Å². The van der Waals surface area contributed by atoms with E-state index in [2.05, 4.69) is 57.3 Å². The van der Waals surface area contributed by atoms with Crippen LogP contribution in [0.3, 0.4) is 0 Å². The number of halogens is 1. The highest BCUT2D eigenvalue weighted by atomic mass is 127. The minimum absolute atomic E-state index is 0.392. The molecule has 1 heterocycles. The first-order valence-corrected chi connectivity index (χ1v) is 6.80. The summed E-state index contributed by atoms with van der Waals surface area (Å²) in [5.41, 5.74) is 0.963. The lowest BCUT2D eigenvalue weighted by atomic mass is 10.3. The zero-order valence-electron chi connectivity index (χ0n) is 10.3. The Bertz CT molecular complexity index is 512. The van der Waals surface area contributed by atoms with Crippen LogP contribution in [0.5, 0.6) is 0 Å². The third-order valence-electron chi connectivity index (χ3n) is 2.24. The van der Waals surface area contributed by atoms with Crippen molar-refractivity contribution in [1.29, 1.82) is 0 Å². The predicted octanol–water partition coefficient (Wildman–Crippen LogP) is 2.92. The van der Waals surface area contributed by atoms with Crippen LogP contribution in [0, 0.1) is 3.57 Å². The summed E-state index contributed by atoms with van der Waals surface area (Å²) in [6.07, 6.45) is 0. The van der Waals surface area contributed by atoms with Crippen LogP contribution in [0.25, 0.3) is 0 Å². The summed E-state index contributed by atoms with van der Waals surface area (Å²) >= 11 is 2.25. The fourth-order valence-corrected chi connectivity index (χ4v) is 1.87. The van der Waals surface area contributed by atoms with Crippen molar-refractivity contribution in [3.63, 3.8) is 0 Å². The second-order valence-corrected chi connectivity index (χ2v) is 5.30. The Hall–Kier alpha value is -1.15. The number of para-hydroxylation sites is 1. The van der Waals surface area contributed by atoms with Gasteiger partial charge in [-0.2, -0.15) is 0 Å². The molecule has 2 aromatic rings. The van der Waals surface area contributed by atoms with Gasteiger partial charge in [0, 0.05) is 9.61 Å². The van der Waals surface area contributed by atoms with Gasteiger partial charge in [-0.05, 0) is 34.7 Å². The minimum atomic E-state index is 0.392. The fraction of sp³-hybridized carbons (Fsp3) is 0.333. The molecule has 18 heavy (non-hydrogen) atoms. The van der Waals surface area contributed by atoms with Crippen molar-refractivity contribution in [3.8, 4) is 0 Å². The Morgan fingerprint density at radius 2 is 2.06 bits per heavy atom. The van der Waals surface area contributed by atoms with Crippen LogP contribution in [0.1, 0.15) is 19.7 Å². The lowest BCUT2D eigenvalue weighted by molar-refractivity contribution is 0.460. The highest BCUT2D eigenvalue weighted by Gasteiger charge is 2.07. The van der Waals surface area contributed by atoms with Crippen LogP contribution in [-0.2, 0) is 6.54 Å². The zero-order chi connectivity index (χ0) is 13.0. The summed E-state index contributed by atoms with van der Waals surface area (Å²) < 4.78 is 6.60. The maximum absolute atomic E-state index is 5.49. The number of nitrogens with zero attached hydrogens (tertiary/aromatic N) is 2. The van der Waals surface area contributed by atoms with Crippen molar-refractivity contribution >= 4 is 34.3 Å². The monoisotopic (exact) mass is 358 g/mol. The molecular weight excluding hydrogens is 343 g/mol. The Morgan fingerprint density at radius 3 is 2.78 bits per heavy atom. The van der Waals surface area contributed by atoms with Crippen molar-refractivity contribution in [2.75, 3.05) is 5.32 Å². The van der Waals surface area contributed by atoms with Gasteiger partial charge in [-0.1, -0.05) is 31.1 Å². The summed E-state index contributed by atoms with van der Waals surface area (Å²) in [6, 6.07) is 8.74. The molecule has 0 aliphatic carbocycles. The van der Waals surface area contributed by atoms with Crippen LogP contribution in [0.4, 0.5) is 11.7 Å².